The summed E-state index contributed by atoms with van der Waals surface area (Å²) >= 11 is 0. The van der Waals surface area contributed by atoms with Crippen LogP contribution in [0.25, 0.3) is 0 Å². The lowest BCUT2D eigenvalue weighted by atomic mass is 10.1. The van der Waals surface area contributed by atoms with E-state index >= 15 is 0 Å². The van der Waals surface area contributed by atoms with Crippen LogP contribution < -0.4 is 4.90 Å². The van der Waals surface area contributed by atoms with Gasteiger partial charge < -0.3 is 19.8 Å². The zero-order valence-electron chi connectivity index (χ0n) is 17.4. The Morgan fingerprint density at radius 2 is 1.77 bits per heavy atom. The molecule has 0 unspecified atom stereocenters. The number of nitro groups is 1. The number of nitrogens with zero attached hydrogens (tertiary/aromatic N) is 4. The first kappa shape index (κ1) is 24.4. The van der Waals surface area contributed by atoms with Crippen LogP contribution in [0.2, 0.25) is 0 Å². The summed E-state index contributed by atoms with van der Waals surface area (Å²) in [5.74, 6) is 0. The van der Waals surface area contributed by atoms with Crippen molar-refractivity contribution in [3.63, 3.8) is 0 Å². The number of benzene rings is 1. The molecule has 11 nitrogen and oxygen atoms in total. The van der Waals surface area contributed by atoms with Crippen LogP contribution in [0.3, 0.4) is 0 Å². The fraction of sp³-hybridized carbons (Fsp3) is 0.667. The zero-order valence-corrected chi connectivity index (χ0v) is 18.2. The van der Waals surface area contributed by atoms with E-state index in [2.05, 4.69) is 4.90 Å². The van der Waals surface area contributed by atoms with Gasteiger partial charge in [-0.25, -0.2) is 8.42 Å². The van der Waals surface area contributed by atoms with E-state index in [9.17, 15) is 28.7 Å². The van der Waals surface area contributed by atoms with Gasteiger partial charge in [-0.3, -0.25) is 15.0 Å². The van der Waals surface area contributed by atoms with Crippen molar-refractivity contribution >= 4 is 21.4 Å². The number of likely N-dealkylation sites (N-methyl/N-ethyl adjacent to an activating group) is 1. The number of ether oxygens (including phenoxy) is 1. The van der Waals surface area contributed by atoms with Crippen LogP contribution in [0.1, 0.15) is 5.56 Å². The summed E-state index contributed by atoms with van der Waals surface area (Å²) in [5, 5.41) is 30.1. The Morgan fingerprint density at radius 1 is 1.17 bits per heavy atom. The molecular formula is C18H30N4O7S. The highest BCUT2D eigenvalue weighted by atomic mass is 32.2. The van der Waals surface area contributed by atoms with Crippen LogP contribution in [0.5, 0.6) is 0 Å². The molecule has 12 heteroatoms. The van der Waals surface area contributed by atoms with Crippen molar-refractivity contribution in [2.24, 2.45) is 0 Å². The predicted octanol–water partition coefficient (Wildman–Crippen LogP) is -0.353. The third-order valence-electron chi connectivity index (χ3n) is 5.04. The highest BCUT2D eigenvalue weighted by Crippen LogP contribution is 2.34. The number of rotatable bonds is 11. The molecule has 0 saturated carbocycles. The standard InChI is InChI=1S/C18H30N4O7S/c1-15-13-16(22(25)26)14-17(18(15)21(5-9-23)6-10-24)30(27,28)19(2)3-4-20-7-11-29-12-8-20/h13-14,23-24H,3-12H2,1-2H3. The van der Waals surface area contributed by atoms with Crippen LogP contribution in [-0.4, -0.2) is 106 Å². The molecule has 0 atom stereocenters. The van der Waals surface area contributed by atoms with Crippen LogP contribution in [0.15, 0.2) is 17.0 Å². The average molecular weight is 447 g/mol. The molecule has 0 bridgehead atoms. The normalized spacial score (nSPS) is 15.5. The van der Waals surface area contributed by atoms with Crippen molar-refractivity contribution in [1.82, 2.24) is 9.21 Å². The van der Waals surface area contributed by atoms with Gasteiger partial charge in [-0.05, 0) is 12.5 Å². The Labute approximate surface area is 176 Å². The number of aliphatic hydroxyl groups is 2. The maximum atomic E-state index is 13.4. The minimum Gasteiger partial charge on any atom is -0.395 e. The number of nitro benzene ring substituents is 1. The predicted molar refractivity (Wildman–Crippen MR) is 111 cm³/mol. The number of sulfonamides is 1. The molecule has 0 amide bonds. The van der Waals surface area contributed by atoms with E-state index in [0.29, 0.717) is 25.3 Å². The van der Waals surface area contributed by atoms with Gasteiger partial charge in [0.05, 0.1) is 37.0 Å². The van der Waals surface area contributed by atoms with E-state index in [1.807, 2.05) is 0 Å². The van der Waals surface area contributed by atoms with Crippen molar-refractivity contribution in [2.45, 2.75) is 11.8 Å². The van der Waals surface area contributed by atoms with E-state index in [1.54, 1.807) is 6.92 Å². The highest BCUT2D eigenvalue weighted by molar-refractivity contribution is 7.89. The van der Waals surface area contributed by atoms with Crippen LogP contribution in [0.4, 0.5) is 11.4 Å². The van der Waals surface area contributed by atoms with Gasteiger partial charge in [0.1, 0.15) is 4.90 Å². The minimum atomic E-state index is -4.06. The Bertz CT molecular complexity index is 822. The largest absolute Gasteiger partial charge is 0.395 e. The molecule has 1 fully saturated rings. The van der Waals surface area contributed by atoms with Crippen molar-refractivity contribution in [1.29, 1.82) is 0 Å². The minimum absolute atomic E-state index is 0.0826. The van der Waals surface area contributed by atoms with Gasteiger partial charge in [0.25, 0.3) is 5.69 Å². The lowest BCUT2D eigenvalue weighted by Crippen LogP contribution is -2.42. The van der Waals surface area contributed by atoms with Gasteiger partial charge in [0.15, 0.2) is 0 Å². The maximum absolute atomic E-state index is 13.4. The monoisotopic (exact) mass is 446 g/mol. The molecule has 1 aliphatic rings. The summed E-state index contributed by atoms with van der Waals surface area (Å²) in [6.07, 6.45) is 0. The molecule has 1 saturated heterocycles. The van der Waals surface area contributed by atoms with Gasteiger partial charge in [0, 0.05) is 58.4 Å². The Hall–Kier alpha value is -1.83. The lowest BCUT2D eigenvalue weighted by Gasteiger charge is -2.30. The number of hydrogen-bond donors (Lipinski definition) is 2. The number of morpholine rings is 1. The van der Waals surface area contributed by atoms with E-state index in [1.165, 1.54) is 22.3 Å². The Morgan fingerprint density at radius 3 is 2.30 bits per heavy atom. The lowest BCUT2D eigenvalue weighted by molar-refractivity contribution is -0.385. The molecule has 0 aliphatic carbocycles. The Balaban J connectivity index is 2.42. The smallest absolute Gasteiger partial charge is 0.271 e. The number of anilines is 1. The summed E-state index contributed by atoms with van der Waals surface area (Å²) < 4.78 is 33.2. The first-order valence-corrected chi connectivity index (χ1v) is 11.2. The Kier molecular flexibility index (Phi) is 8.94. The van der Waals surface area contributed by atoms with Crippen molar-refractivity contribution in [3.8, 4) is 0 Å². The molecule has 1 heterocycles. The van der Waals surface area contributed by atoms with Crippen LogP contribution >= 0.6 is 0 Å². The fourth-order valence-corrected chi connectivity index (χ4v) is 4.87. The second-order valence-corrected chi connectivity index (χ2v) is 9.09. The van der Waals surface area contributed by atoms with E-state index < -0.39 is 14.9 Å². The first-order chi connectivity index (χ1) is 14.2. The summed E-state index contributed by atoms with van der Waals surface area (Å²) in [4.78, 5) is 14.1. The molecule has 2 N–H and O–H groups in total. The van der Waals surface area contributed by atoms with Crippen molar-refractivity contribution in [2.75, 3.05) is 77.6 Å². The fourth-order valence-electron chi connectivity index (χ4n) is 3.41. The third kappa shape index (κ3) is 5.86. The van der Waals surface area contributed by atoms with Gasteiger partial charge in [-0.15, -0.1) is 0 Å². The molecule has 170 valence electrons. The van der Waals surface area contributed by atoms with E-state index in [0.717, 1.165) is 19.2 Å². The second kappa shape index (κ2) is 11.0. The van der Waals surface area contributed by atoms with Crippen molar-refractivity contribution in [3.05, 3.63) is 27.8 Å². The quantitative estimate of drug-likeness (QED) is 0.345. The third-order valence-corrected chi connectivity index (χ3v) is 6.91. The molecular weight excluding hydrogens is 416 g/mol. The second-order valence-electron chi connectivity index (χ2n) is 7.08. The van der Waals surface area contributed by atoms with E-state index in [-0.39, 0.29) is 49.1 Å². The molecule has 1 aromatic rings. The molecule has 0 radical (unpaired) electrons. The average Bonchev–Trinajstić information content (AvgIpc) is 2.72. The number of hydrogen-bond acceptors (Lipinski definition) is 9. The highest BCUT2D eigenvalue weighted by Gasteiger charge is 2.30. The van der Waals surface area contributed by atoms with E-state index in [4.69, 9.17) is 4.74 Å². The summed E-state index contributed by atoms with van der Waals surface area (Å²) in [6.45, 7) is 4.58. The molecule has 30 heavy (non-hydrogen) atoms. The van der Waals surface area contributed by atoms with Gasteiger partial charge in [0.2, 0.25) is 10.0 Å². The molecule has 1 aromatic carbocycles. The SMILES string of the molecule is Cc1cc([N+](=O)[O-])cc(S(=O)(=O)N(C)CCN2CCOCC2)c1N(CCO)CCO. The summed E-state index contributed by atoms with van der Waals surface area (Å²) in [5.41, 5.74) is 0.303. The number of aryl methyl sites for hydroxylation is 1. The summed E-state index contributed by atoms with van der Waals surface area (Å²) in [6, 6.07) is 2.34. The van der Waals surface area contributed by atoms with Crippen LogP contribution in [0, 0.1) is 17.0 Å². The first-order valence-electron chi connectivity index (χ1n) is 9.74. The molecule has 1 aliphatic heterocycles. The van der Waals surface area contributed by atoms with Crippen LogP contribution in [-0.2, 0) is 14.8 Å². The number of non-ortho nitro benzene ring substituents is 1. The van der Waals surface area contributed by atoms with Gasteiger partial charge >= 0.3 is 0 Å². The molecule has 0 spiro atoms. The molecule has 2 rings (SSSR count). The van der Waals surface area contributed by atoms with Gasteiger partial charge in [-0.2, -0.15) is 4.31 Å². The number of aliphatic hydroxyl groups excluding tert-OH is 2. The molecule has 0 aromatic heterocycles. The topological polar surface area (TPSA) is 137 Å². The van der Waals surface area contributed by atoms with Gasteiger partial charge in [-0.1, -0.05) is 0 Å². The van der Waals surface area contributed by atoms with Crippen molar-refractivity contribution < 1.29 is 28.3 Å². The zero-order chi connectivity index (χ0) is 22.3. The maximum Gasteiger partial charge on any atom is 0.271 e. The summed E-state index contributed by atoms with van der Waals surface area (Å²) in [7, 11) is -2.62.